The van der Waals surface area contributed by atoms with Crippen LogP contribution in [0.3, 0.4) is 0 Å². The number of halogens is 2. The first kappa shape index (κ1) is 14.9. The van der Waals surface area contributed by atoms with Crippen molar-refractivity contribution in [1.29, 1.82) is 0 Å². The molecule has 1 saturated carbocycles. The number of carbonyl (C=O) groups excluding carboxylic acids is 1. The summed E-state index contributed by atoms with van der Waals surface area (Å²) < 4.78 is 0. The van der Waals surface area contributed by atoms with E-state index in [-0.39, 0.29) is 5.91 Å². The summed E-state index contributed by atoms with van der Waals surface area (Å²) in [6, 6.07) is 5.94. The van der Waals surface area contributed by atoms with E-state index in [1.165, 1.54) is 5.57 Å². The molecule has 2 aliphatic rings. The molecule has 1 saturated heterocycles. The average Bonchev–Trinajstić information content (AvgIpc) is 3.21. The van der Waals surface area contributed by atoms with E-state index in [0.29, 0.717) is 22.6 Å². The van der Waals surface area contributed by atoms with Crippen LogP contribution in [0.15, 0.2) is 29.3 Å². The minimum Gasteiger partial charge on any atom is -0.332 e. The number of benzene rings is 1. The quantitative estimate of drug-likeness (QED) is 0.861. The highest BCUT2D eigenvalue weighted by atomic mass is 35.5. The van der Waals surface area contributed by atoms with Crippen molar-refractivity contribution < 1.29 is 4.79 Å². The monoisotopic (exact) mass is 324 g/mol. The predicted molar refractivity (Wildman–Crippen MR) is 85.6 cm³/mol. The van der Waals surface area contributed by atoms with E-state index in [0.717, 1.165) is 37.1 Å². The van der Waals surface area contributed by atoms with E-state index in [2.05, 4.69) is 5.32 Å². The van der Waals surface area contributed by atoms with Crippen molar-refractivity contribution in [2.24, 2.45) is 0 Å². The van der Waals surface area contributed by atoms with Crippen molar-refractivity contribution in [1.82, 2.24) is 10.2 Å². The van der Waals surface area contributed by atoms with E-state index < -0.39 is 0 Å². The van der Waals surface area contributed by atoms with Gasteiger partial charge in [0, 0.05) is 31.2 Å². The zero-order valence-electron chi connectivity index (χ0n) is 12.0. The molecule has 1 aromatic carbocycles. The Labute approximate surface area is 134 Å². The van der Waals surface area contributed by atoms with Gasteiger partial charge in [0.05, 0.1) is 10.0 Å². The second-order valence-electron chi connectivity index (χ2n) is 5.74. The summed E-state index contributed by atoms with van der Waals surface area (Å²) in [6.45, 7) is 4.20. The number of nitrogens with zero attached hydrogens (tertiary/aromatic N) is 1. The normalized spacial score (nSPS) is 17.4. The molecular formula is C16H18Cl2N2O. The fraction of sp³-hybridized carbons (Fsp3) is 0.438. The van der Waals surface area contributed by atoms with Gasteiger partial charge >= 0.3 is 0 Å². The predicted octanol–water partition coefficient (Wildman–Crippen LogP) is 3.40. The summed E-state index contributed by atoms with van der Waals surface area (Å²) in [4.78, 5) is 14.7. The van der Waals surface area contributed by atoms with Crippen molar-refractivity contribution in [2.75, 3.05) is 13.1 Å². The van der Waals surface area contributed by atoms with Gasteiger partial charge in [-0.05, 0) is 43.0 Å². The number of amides is 1. The van der Waals surface area contributed by atoms with E-state index in [1.54, 1.807) is 6.07 Å². The lowest BCUT2D eigenvalue weighted by Gasteiger charge is -2.27. The Hall–Kier alpha value is -1.03. The maximum atomic E-state index is 12.7. The van der Waals surface area contributed by atoms with Gasteiger partial charge in [-0.2, -0.15) is 0 Å². The first-order chi connectivity index (χ1) is 10.1. The number of hydrogen-bond donors (Lipinski definition) is 1. The average molecular weight is 325 g/mol. The van der Waals surface area contributed by atoms with Crippen LogP contribution in [0.4, 0.5) is 0 Å². The molecule has 0 atom stereocenters. The van der Waals surface area contributed by atoms with Gasteiger partial charge in [-0.25, -0.2) is 0 Å². The second kappa shape index (κ2) is 5.99. The third kappa shape index (κ3) is 3.25. The molecule has 2 fully saturated rings. The number of hydrogen-bond acceptors (Lipinski definition) is 2. The maximum absolute atomic E-state index is 12.7. The molecule has 21 heavy (non-hydrogen) atoms. The summed E-state index contributed by atoms with van der Waals surface area (Å²) in [7, 11) is 0. The third-order valence-electron chi connectivity index (χ3n) is 4.11. The second-order valence-corrected chi connectivity index (χ2v) is 6.56. The highest BCUT2D eigenvalue weighted by molar-refractivity contribution is 6.42. The van der Waals surface area contributed by atoms with Crippen LogP contribution in [0, 0.1) is 0 Å². The SMILES string of the molecule is CC(C(=O)N(Cc1ccc(Cl)c(Cl)c1)C1CC1)=C1CNC1. The molecule has 1 aromatic rings. The van der Waals surface area contributed by atoms with Gasteiger partial charge in [-0.15, -0.1) is 0 Å². The molecule has 1 amide bonds. The number of rotatable bonds is 4. The van der Waals surface area contributed by atoms with E-state index in [1.807, 2.05) is 24.0 Å². The first-order valence-electron chi connectivity index (χ1n) is 7.20. The van der Waals surface area contributed by atoms with E-state index >= 15 is 0 Å². The highest BCUT2D eigenvalue weighted by Gasteiger charge is 2.34. The van der Waals surface area contributed by atoms with Crippen LogP contribution in [-0.2, 0) is 11.3 Å². The largest absolute Gasteiger partial charge is 0.332 e. The van der Waals surface area contributed by atoms with Crippen LogP contribution in [0.2, 0.25) is 10.0 Å². The van der Waals surface area contributed by atoms with Gasteiger partial charge in [0.25, 0.3) is 0 Å². The van der Waals surface area contributed by atoms with Crippen molar-refractivity contribution in [3.63, 3.8) is 0 Å². The molecule has 0 unspecified atom stereocenters. The molecule has 0 spiro atoms. The van der Waals surface area contributed by atoms with Gasteiger partial charge in [0.15, 0.2) is 0 Å². The van der Waals surface area contributed by atoms with Gasteiger partial charge in [-0.1, -0.05) is 29.3 Å². The Balaban J connectivity index is 1.78. The third-order valence-corrected chi connectivity index (χ3v) is 4.85. The van der Waals surface area contributed by atoms with Gasteiger partial charge in [0.2, 0.25) is 5.91 Å². The summed E-state index contributed by atoms with van der Waals surface area (Å²) in [5.41, 5.74) is 3.13. The molecular weight excluding hydrogens is 307 g/mol. The minimum atomic E-state index is 0.153. The van der Waals surface area contributed by atoms with Crippen molar-refractivity contribution in [2.45, 2.75) is 32.4 Å². The zero-order valence-corrected chi connectivity index (χ0v) is 13.5. The van der Waals surface area contributed by atoms with Crippen molar-refractivity contribution >= 4 is 29.1 Å². The molecule has 0 aromatic heterocycles. The minimum absolute atomic E-state index is 0.153. The summed E-state index contributed by atoms with van der Waals surface area (Å²) in [5.74, 6) is 0.153. The fourth-order valence-electron chi connectivity index (χ4n) is 2.47. The van der Waals surface area contributed by atoms with Crippen LogP contribution >= 0.6 is 23.2 Å². The molecule has 112 valence electrons. The van der Waals surface area contributed by atoms with Gasteiger partial charge in [0.1, 0.15) is 0 Å². The molecule has 3 nitrogen and oxygen atoms in total. The van der Waals surface area contributed by atoms with E-state index in [4.69, 9.17) is 23.2 Å². The van der Waals surface area contributed by atoms with Crippen LogP contribution < -0.4 is 5.32 Å². The lowest BCUT2D eigenvalue weighted by molar-refractivity contribution is -0.128. The molecule has 5 heteroatoms. The Kier molecular flexibility index (Phi) is 4.25. The highest BCUT2D eigenvalue weighted by Crippen LogP contribution is 2.31. The van der Waals surface area contributed by atoms with Gasteiger partial charge < -0.3 is 10.2 Å². The lowest BCUT2D eigenvalue weighted by Crippen LogP contribution is -2.39. The zero-order chi connectivity index (χ0) is 15.0. The fourth-order valence-corrected chi connectivity index (χ4v) is 2.79. The molecule has 0 radical (unpaired) electrons. The van der Waals surface area contributed by atoms with Crippen molar-refractivity contribution in [3.05, 3.63) is 45.0 Å². The standard InChI is InChI=1S/C16H18Cl2N2O/c1-10(12-7-19-8-12)16(21)20(13-3-4-13)9-11-2-5-14(17)15(18)6-11/h2,5-6,13,19H,3-4,7-9H2,1H3. The van der Waals surface area contributed by atoms with Gasteiger partial charge in [-0.3, -0.25) is 4.79 Å². The van der Waals surface area contributed by atoms with Crippen LogP contribution in [0.1, 0.15) is 25.3 Å². The molecule has 1 aliphatic heterocycles. The summed E-state index contributed by atoms with van der Waals surface area (Å²) >= 11 is 12.0. The molecule has 1 N–H and O–H groups in total. The lowest BCUT2D eigenvalue weighted by atomic mass is 10.0. The molecule has 0 bridgehead atoms. The molecule has 1 heterocycles. The first-order valence-corrected chi connectivity index (χ1v) is 7.96. The van der Waals surface area contributed by atoms with Crippen LogP contribution in [-0.4, -0.2) is 29.9 Å². The Morgan fingerprint density at radius 2 is 2.00 bits per heavy atom. The maximum Gasteiger partial charge on any atom is 0.250 e. The van der Waals surface area contributed by atoms with Crippen molar-refractivity contribution in [3.8, 4) is 0 Å². The van der Waals surface area contributed by atoms with Crippen LogP contribution in [0.5, 0.6) is 0 Å². The molecule has 3 rings (SSSR count). The summed E-state index contributed by atoms with van der Waals surface area (Å²) in [6.07, 6.45) is 2.18. The topological polar surface area (TPSA) is 32.3 Å². The van der Waals surface area contributed by atoms with Crippen LogP contribution in [0.25, 0.3) is 0 Å². The smallest absolute Gasteiger partial charge is 0.250 e. The molecule has 1 aliphatic carbocycles. The Morgan fingerprint density at radius 3 is 2.52 bits per heavy atom. The number of nitrogens with one attached hydrogen (secondary N) is 1. The Bertz CT molecular complexity index is 602. The van der Waals surface area contributed by atoms with E-state index in [9.17, 15) is 4.79 Å². The summed E-state index contributed by atoms with van der Waals surface area (Å²) in [5, 5.41) is 4.27. The Morgan fingerprint density at radius 1 is 1.29 bits per heavy atom. The number of carbonyl (C=O) groups is 1.